The van der Waals surface area contributed by atoms with Gasteiger partial charge in [0, 0.05) is 25.0 Å². The largest absolute Gasteiger partial charge is 0.497 e. The molecular formula is C30H41N3O3. The number of anilines is 1. The lowest BCUT2D eigenvalue weighted by Gasteiger charge is -2.27. The van der Waals surface area contributed by atoms with Crippen LogP contribution in [0.4, 0.5) is 5.69 Å². The maximum Gasteiger partial charge on any atom is 0.119 e. The van der Waals surface area contributed by atoms with E-state index >= 15 is 0 Å². The molecule has 0 unspecified atom stereocenters. The number of hydrogen-bond acceptors (Lipinski definition) is 6. The Hall–Kier alpha value is -2.67. The molecule has 2 aromatic carbocycles. The Morgan fingerprint density at radius 2 is 1.69 bits per heavy atom. The van der Waals surface area contributed by atoms with Crippen molar-refractivity contribution in [3.05, 3.63) is 65.4 Å². The lowest BCUT2D eigenvalue weighted by atomic mass is 9.89. The molecule has 3 aromatic rings. The number of benzene rings is 2. The number of aryl methyl sites for hydroxylation is 2. The predicted octanol–water partition coefficient (Wildman–Crippen LogP) is 4.66. The summed E-state index contributed by atoms with van der Waals surface area (Å²) in [6, 6.07) is 14.5. The number of fused-ring (bicyclic) bond motifs is 1. The first-order valence-electron chi connectivity index (χ1n) is 13.2. The molecule has 2 heterocycles. The minimum absolute atomic E-state index is 0.177. The highest BCUT2D eigenvalue weighted by atomic mass is 16.5. The Balaban J connectivity index is 1.35. The first-order chi connectivity index (χ1) is 17.5. The SMILES string of the molecule is COc1ccc2ncc(N(C)C)c([C@H](O)CCc3ccc(CCC[C@H](O)C4CCNCC4)cc3)c2c1. The Morgan fingerprint density at radius 3 is 2.36 bits per heavy atom. The molecular weight excluding hydrogens is 450 g/mol. The van der Waals surface area contributed by atoms with Crippen molar-refractivity contribution in [2.75, 3.05) is 39.2 Å². The molecule has 1 aliphatic rings. The number of rotatable bonds is 11. The molecule has 1 saturated heterocycles. The molecule has 36 heavy (non-hydrogen) atoms. The highest BCUT2D eigenvalue weighted by Crippen LogP contribution is 2.35. The van der Waals surface area contributed by atoms with E-state index in [1.54, 1.807) is 7.11 Å². The molecule has 4 rings (SSSR count). The average Bonchev–Trinajstić information content (AvgIpc) is 2.91. The van der Waals surface area contributed by atoms with E-state index < -0.39 is 6.10 Å². The number of pyridine rings is 1. The van der Waals surface area contributed by atoms with Crippen molar-refractivity contribution in [3.8, 4) is 5.75 Å². The summed E-state index contributed by atoms with van der Waals surface area (Å²) in [5, 5.41) is 26.1. The smallest absolute Gasteiger partial charge is 0.119 e. The molecule has 0 amide bonds. The van der Waals surface area contributed by atoms with Crippen LogP contribution in [-0.2, 0) is 12.8 Å². The topological polar surface area (TPSA) is 77.9 Å². The summed E-state index contributed by atoms with van der Waals surface area (Å²) in [6.45, 7) is 2.06. The van der Waals surface area contributed by atoms with E-state index in [0.717, 1.165) is 79.5 Å². The fourth-order valence-corrected chi connectivity index (χ4v) is 5.32. The Bertz CT molecular complexity index is 1110. The molecule has 0 saturated carbocycles. The predicted molar refractivity (Wildman–Crippen MR) is 147 cm³/mol. The van der Waals surface area contributed by atoms with Gasteiger partial charge in [0.2, 0.25) is 0 Å². The molecule has 6 heteroatoms. The first kappa shape index (κ1) is 26.4. The first-order valence-corrected chi connectivity index (χ1v) is 13.2. The van der Waals surface area contributed by atoms with Crippen LogP contribution in [0.3, 0.4) is 0 Å². The third-order valence-corrected chi connectivity index (χ3v) is 7.53. The number of aliphatic hydroxyl groups is 2. The van der Waals surface area contributed by atoms with Crippen molar-refractivity contribution in [2.45, 2.75) is 57.2 Å². The minimum Gasteiger partial charge on any atom is -0.497 e. The number of aliphatic hydroxyl groups excluding tert-OH is 2. The number of nitrogens with one attached hydrogen (secondary N) is 1. The maximum absolute atomic E-state index is 11.3. The van der Waals surface area contributed by atoms with Crippen LogP contribution in [0, 0.1) is 5.92 Å². The van der Waals surface area contributed by atoms with Gasteiger partial charge in [-0.2, -0.15) is 0 Å². The van der Waals surface area contributed by atoms with Gasteiger partial charge in [-0.05, 0) is 93.3 Å². The summed E-state index contributed by atoms with van der Waals surface area (Å²) in [6.07, 6.45) is 7.50. The second-order valence-electron chi connectivity index (χ2n) is 10.3. The van der Waals surface area contributed by atoms with Crippen LogP contribution in [0.2, 0.25) is 0 Å². The average molecular weight is 492 g/mol. The molecule has 1 aliphatic heterocycles. The van der Waals surface area contributed by atoms with Crippen molar-refractivity contribution in [2.24, 2.45) is 5.92 Å². The molecule has 0 spiro atoms. The Labute approximate surface area is 215 Å². The molecule has 2 atom stereocenters. The van der Waals surface area contributed by atoms with E-state index in [4.69, 9.17) is 4.74 Å². The molecule has 194 valence electrons. The number of nitrogens with zero attached hydrogens (tertiary/aromatic N) is 2. The van der Waals surface area contributed by atoms with E-state index in [9.17, 15) is 10.2 Å². The molecule has 1 aromatic heterocycles. The molecule has 0 bridgehead atoms. The monoisotopic (exact) mass is 491 g/mol. The summed E-state index contributed by atoms with van der Waals surface area (Å²) in [5.74, 6) is 1.21. The zero-order valence-corrected chi connectivity index (χ0v) is 21.9. The zero-order chi connectivity index (χ0) is 25.5. The van der Waals surface area contributed by atoms with Crippen LogP contribution in [0.1, 0.15) is 54.9 Å². The quantitative estimate of drug-likeness (QED) is 0.362. The van der Waals surface area contributed by atoms with E-state index in [0.29, 0.717) is 12.3 Å². The third-order valence-electron chi connectivity index (χ3n) is 7.53. The standard InChI is InChI=1S/C30H41N3O3/c1-33(2)27-20-32-26-13-12-24(36-3)19-25(26)30(27)29(35)14-11-22-9-7-21(8-10-22)5-4-6-28(34)23-15-17-31-18-16-23/h7-10,12-13,19-20,23,28-29,31,34-35H,4-6,11,14-18H2,1-3H3/t28-,29+/m0/s1. The van der Waals surface area contributed by atoms with Crippen molar-refractivity contribution in [1.29, 1.82) is 0 Å². The summed E-state index contributed by atoms with van der Waals surface area (Å²) in [7, 11) is 5.60. The van der Waals surface area contributed by atoms with Crippen LogP contribution in [-0.4, -0.2) is 55.6 Å². The summed E-state index contributed by atoms with van der Waals surface area (Å²) in [4.78, 5) is 6.59. The molecule has 1 fully saturated rings. The van der Waals surface area contributed by atoms with Gasteiger partial charge in [0.25, 0.3) is 0 Å². The zero-order valence-electron chi connectivity index (χ0n) is 21.9. The van der Waals surface area contributed by atoms with Crippen LogP contribution in [0.5, 0.6) is 5.75 Å². The normalized spacial score (nSPS) is 16.1. The molecule has 0 aliphatic carbocycles. The number of methoxy groups -OCH3 is 1. The lowest BCUT2D eigenvalue weighted by molar-refractivity contribution is 0.0793. The number of aromatic nitrogens is 1. The van der Waals surface area contributed by atoms with Crippen molar-refractivity contribution < 1.29 is 14.9 Å². The molecule has 6 nitrogen and oxygen atoms in total. The van der Waals surface area contributed by atoms with Crippen molar-refractivity contribution in [3.63, 3.8) is 0 Å². The molecule has 3 N–H and O–H groups in total. The highest BCUT2D eigenvalue weighted by Gasteiger charge is 2.21. The minimum atomic E-state index is -0.615. The van der Waals surface area contributed by atoms with Crippen LogP contribution in [0.15, 0.2) is 48.7 Å². The summed E-state index contributed by atoms with van der Waals surface area (Å²) >= 11 is 0. The second-order valence-corrected chi connectivity index (χ2v) is 10.3. The van der Waals surface area contributed by atoms with Gasteiger partial charge in [-0.25, -0.2) is 0 Å². The number of piperidine rings is 1. The molecule has 0 radical (unpaired) electrons. The van der Waals surface area contributed by atoms with Crippen molar-refractivity contribution >= 4 is 16.6 Å². The Morgan fingerprint density at radius 1 is 1.00 bits per heavy atom. The van der Waals surface area contributed by atoms with Gasteiger partial charge in [-0.3, -0.25) is 4.98 Å². The van der Waals surface area contributed by atoms with Crippen LogP contribution < -0.4 is 15.0 Å². The van der Waals surface area contributed by atoms with Gasteiger partial charge < -0.3 is 25.2 Å². The fourth-order valence-electron chi connectivity index (χ4n) is 5.32. The van der Waals surface area contributed by atoms with Gasteiger partial charge in [0.15, 0.2) is 0 Å². The van der Waals surface area contributed by atoms with Crippen molar-refractivity contribution in [1.82, 2.24) is 10.3 Å². The van der Waals surface area contributed by atoms with Gasteiger partial charge in [0.1, 0.15) is 5.75 Å². The third kappa shape index (κ3) is 6.55. The number of hydrogen-bond donors (Lipinski definition) is 3. The Kier molecular flexibility index (Phi) is 9.19. The van der Waals surface area contributed by atoms with Crippen LogP contribution >= 0.6 is 0 Å². The lowest BCUT2D eigenvalue weighted by Crippen LogP contribution is -2.34. The highest BCUT2D eigenvalue weighted by molar-refractivity contribution is 5.88. The van der Waals surface area contributed by atoms with E-state index in [1.807, 2.05) is 43.4 Å². The van der Waals surface area contributed by atoms with E-state index in [-0.39, 0.29) is 6.10 Å². The van der Waals surface area contributed by atoms with Gasteiger partial charge in [-0.15, -0.1) is 0 Å². The van der Waals surface area contributed by atoms with Gasteiger partial charge in [0.05, 0.1) is 36.7 Å². The summed E-state index contributed by atoms with van der Waals surface area (Å²) < 4.78 is 5.43. The van der Waals surface area contributed by atoms with Crippen LogP contribution in [0.25, 0.3) is 10.9 Å². The van der Waals surface area contributed by atoms with Gasteiger partial charge >= 0.3 is 0 Å². The van der Waals surface area contributed by atoms with E-state index in [2.05, 4.69) is 34.6 Å². The van der Waals surface area contributed by atoms with Gasteiger partial charge in [-0.1, -0.05) is 24.3 Å². The second kappa shape index (κ2) is 12.5. The maximum atomic E-state index is 11.3. The fraction of sp³-hybridized carbons (Fsp3) is 0.500. The number of ether oxygens (including phenoxy) is 1. The summed E-state index contributed by atoms with van der Waals surface area (Å²) in [5.41, 5.74) is 5.19. The van der Waals surface area contributed by atoms with E-state index in [1.165, 1.54) is 11.1 Å².